The number of carbonyl (C=O) groups is 7. The van der Waals surface area contributed by atoms with Gasteiger partial charge in [0.15, 0.2) is 5.96 Å². The van der Waals surface area contributed by atoms with Gasteiger partial charge in [0.1, 0.15) is 40.0 Å². The summed E-state index contributed by atoms with van der Waals surface area (Å²) < 4.78 is 24.5. The van der Waals surface area contributed by atoms with Gasteiger partial charge in [0.25, 0.3) is 0 Å². The van der Waals surface area contributed by atoms with Crippen molar-refractivity contribution in [3.8, 4) is 0 Å². The summed E-state index contributed by atoms with van der Waals surface area (Å²) in [4.78, 5) is 103. The highest BCUT2D eigenvalue weighted by Crippen LogP contribution is 2.20. The van der Waals surface area contributed by atoms with Crippen LogP contribution in [-0.4, -0.2) is 116 Å². The zero-order valence-corrected chi connectivity index (χ0v) is 37.0. The van der Waals surface area contributed by atoms with Gasteiger partial charge < -0.3 is 54.1 Å². The number of aromatic amines is 1. The molecule has 2 heterocycles. The fourth-order valence-electron chi connectivity index (χ4n) is 7.12. The van der Waals surface area contributed by atoms with Gasteiger partial charge in [-0.25, -0.2) is 8.42 Å². The lowest BCUT2D eigenvalue weighted by molar-refractivity contribution is -0.135. The Morgan fingerprint density at radius 3 is 1.98 bits per heavy atom. The Morgan fingerprint density at radius 1 is 0.719 bits per heavy atom. The third-order valence-electron chi connectivity index (χ3n) is 10.8. The number of nitrogens with two attached hydrogens (primary N) is 3. The molecule has 6 atom stereocenters. The highest BCUT2D eigenvalue weighted by molar-refractivity contribution is 7.90. The largest absolute Gasteiger partial charge is 0.370 e. The van der Waals surface area contributed by atoms with Gasteiger partial charge in [-0.1, -0.05) is 55.5 Å². The van der Waals surface area contributed by atoms with Crippen molar-refractivity contribution in [3.63, 3.8) is 0 Å². The van der Waals surface area contributed by atoms with Gasteiger partial charge in [0.2, 0.25) is 41.4 Å². The molecular weight excluding hydrogens is 847 g/mol. The predicted octanol–water partition coefficient (Wildman–Crippen LogP) is -0.933. The van der Waals surface area contributed by atoms with Gasteiger partial charge in [-0.3, -0.25) is 38.6 Å². The summed E-state index contributed by atoms with van der Waals surface area (Å²) in [6.07, 6.45) is 3.37. The molecule has 64 heavy (non-hydrogen) atoms. The number of nitrogens with zero attached hydrogens (tertiary/aromatic N) is 1. The molecule has 1 aliphatic heterocycles. The summed E-state index contributed by atoms with van der Waals surface area (Å²) in [5, 5.41) is 17.0. The fourth-order valence-corrected chi connectivity index (χ4v) is 7.78. The second-order valence-electron chi connectivity index (χ2n) is 16.1. The summed E-state index contributed by atoms with van der Waals surface area (Å²) in [5.41, 5.74) is 18.9. The van der Waals surface area contributed by atoms with Crippen LogP contribution in [0.4, 0.5) is 0 Å². The molecule has 13 N–H and O–H groups in total. The highest BCUT2D eigenvalue weighted by atomic mass is 32.2. The first-order valence-electron chi connectivity index (χ1n) is 21.3. The number of rotatable bonds is 12. The first-order valence-corrected chi connectivity index (χ1v) is 23.4. The standard InChI is InChI=1S/C43H61N11O9S/c1-26-17-18-36(55)47-20-9-8-15-31(37(44)56)50-42(61)35(24-28-25-49-30-14-7-6-13-29(28)30)54-39(58)32(16-10-21-48-43(45)46)52-41(60)34(23-27-11-4-3-5-12-27)53-40(59)33(51-38(26)57)19-22-64(2,62)63/h3-7,11-14,25-26,31-35,49H,8-10,15-24H2,1-2H3,(H2,44,56)(H,47,55)(H,50,61)(H,51,57)(H,52,60)(H,53,59)(H,54,58)(H4,45,46,48)/t26-,31-,32-,33-,34+,35-/m0/s1. The van der Waals surface area contributed by atoms with E-state index in [-0.39, 0.29) is 76.3 Å². The minimum absolute atomic E-state index is 0.0346. The number of amides is 7. The Morgan fingerprint density at radius 2 is 1.31 bits per heavy atom. The number of primary amides is 1. The molecule has 0 aliphatic carbocycles. The Bertz CT molecular complexity index is 2250. The van der Waals surface area contributed by atoms with E-state index in [1.807, 2.05) is 24.3 Å². The molecule has 0 bridgehead atoms. The molecular formula is C43H61N11O9S. The lowest BCUT2D eigenvalue weighted by atomic mass is 10.0. The molecule has 4 rings (SSSR count). The Balaban J connectivity index is 1.74. The molecule has 3 aromatic rings. The number of H-pyrrole nitrogens is 1. The first-order chi connectivity index (χ1) is 30.4. The van der Waals surface area contributed by atoms with Gasteiger partial charge in [-0.2, -0.15) is 0 Å². The van der Waals surface area contributed by atoms with Crippen molar-refractivity contribution < 1.29 is 42.0 Å². The molecule has 1 fully saturated rings. The van der Waals surface area contributed by atoms with E-state index < -0.39 is 87.2 Å². The van der Waals surface area contributed by atoms with E-state index in [9.17, 15) is 42.0 Å². The molecule has 1 saturated heterocycles. The Labute approximate surface area is 372 Å². The first kappa shape index (κ1) is 50.1. The van der Waals surface area contributed by atoms with Crippen LogP contribution in [-0.2, 0) is 56.2 Å². The maximum absolute atomic E-state index is 14.4. The number of aromatic nitrogens is 1. The number of guanidine groups is 1. The van der Waals surface area contributed by atoms with Crippen LogP contribution in [0.3, 0.4) is 0 Å². The molecule has 2 aromatic carbocycles. The van der Waals surface area contributed by atoms with Crippen LogP contribution in [0.15, 0.2) is 65.8 Å². The van der Waals surface area contributed by atoms with Crippen molar-refractivity contribution >= 4 is 68.0 Å². The van der Waals surface area contributed by atoms with Gasteiger partial charge in [0, 0.05) is 61.6 Å². The van der Waals surface area contributed by atoms with Gasteiger partial charge >= 0.3 is 0 Å². The van der Waals surface area contributed by atoms with Crippen LogP contribution in [0.2, 0.25) is 0 Å². The third-order valence-corrected chi connectivity index (χ3v) is 11.8. The minimum Gasteiger partial charge on any atom is -0.370 e. The van der Waals surface area contributed by atoms with Crippen LogP contribution in [0, 0.1) is 5.92 Å². The molecule has 20 nitrogen and oxygen atoms in total. The number of hydrogen-bond acceptors (Lipinski definition) is 10. The minimum atomic E-state index is -3.61. The lowest BCUT2D eigenvalue weighted by Crippen LogP contribution is -2.60. The predicted molar refractivity (Wildman–Crippen MR) is 240 cm³/mol. The van der Waals surface area contributed by atoms with Crippen LogP contribution >= 0.6 is 0 Å². The number of nitrogens with one attached hydrogen (secondary N) is 7. The monoisotopic (exact) mass is 907 g/mol. The molecule has 21 heteroatoms. The number of aliphatic imine (C=N–C) groups is 1. The van der Waals surface area contributed by atoms with E-state index in [0.29, 0.717) is 24.0 Å². The molecule has 0 saturated carbocycles. The second-order valence-corrected chi connectivity index (χ2v) is 18.4. The van der Waals surface area contributed by atoms with Crippen molar-refractivity contribution in [2.45, 2.75) is 101 Å². The summed E-state index contributed by atoms with van der Waals surface area (Å²) in [5.74, 6) is -6.37. The average molecular weight is 908 g/mol. The SMILES string of the molecule is C[C@H]1CCC(=O)NCCCC[C@@H](C(N)=O)NC(=O)[C@H](Cc2c[nH]c3ccccc23)NC(=O)[C@H](CCCN=C(N)N)NC(=O)[C@@H](Cc2ccccc2)NC(=O)[C@H](CCS(C)(=O)=O)NC1=O. The normalized spacial score (nSPS) is 23.0. The maximum Gasteiger partial charge on any atom is 0.243 e. The summed E-state index contributed by atoms with van der Waals surface area (Å²) in [6, 6.07) is 9.48. The number of benzene rings is 2. The van der Waals surface area contributed by atoms with Crippen LogP contribution < -0.4 is 49.1 Å². The molecule has 1 aliphatic rings. The molecule has 0 spiro atoms. The summed E-state index contributed by atoms with van der Waals surface area (Å²) in [6.45, 7) is 1.87. The van der Waals surface area contributed by atoms with Crippen molar-refractivity contribution in [2.24, 2.45) is 28.1 Å². The molecule has 348 valence electrons. The number of fused-ring (bicyclic) bond motifs is 1. The second kappa shape index (κ2) is 24.4. The number of para-hydroxylation sites is 1. The lowest BCUT2D eigenvalue weighted by Gasteiger charge is -2.27. The highest BCUT2D eigenvalue weighted by Gasteiger charge is 2.33. The van der Waals surface area contributed by atoms with Gasteiger partial charge in [-0.15, -0.1) is 0 Å². The summed E-state index contributed by atoms with van der Waals surface area (Å²) >= 11 is 0. The van der Waals surface area contributed by atoms with Crippen LogP contribution in [0.1, 0.15) is 69.4 Å². The zero-order valence-electron chi connectivity index (χ0n) is 36.2. The van der Waals surface area contributed by atoms with E-state index >= 15 is 0 Å². The molecule has 0 unspecified atom stereocenters. The fraction of sp³-hybridized carbons (Fsp3) is 0.488. The topological polar surface area (TPSA) is 332 Å². The van der Waals surface area contributed by atoms with Crippen molar-refractivity contribution in [3.05, 3.63) is 71.9 Å². The smallest absolute Gasteiger partial charge is 0.243 e. The Kier molecular flexibility index (Phi) is 19.1. The summed E-state index contributed by atoms with van der Waals surface area (Å²) in [7, 11) is -3.61. The Hall–Kier alpha value is -6.51. The molecule has 0 radical (unpaired) electrons. The van der Waals surface area contributed by atoms with Crippen molar-refractivity contribution in [1.29, 1.82) is 0 Å². The van der Waals surface area contributed by atoms with Gasteiger partial charge in [-0.05, 0) is 62.1 Å². The van der Waals surface area contributed by atoms with Crippen LogP contribution in [0.25, 0.3) is 10.9 Å². The third kappa shape index (κ3) is 16.6. The number of carbonyl (C=O) groups excluding carboxylic acids is 7. The van der Waals surface area contributed by atoms with Crippen LogP contribution in [0.5, 0.6) is 0 Å². The molecule has 7 amide bonds. The van der Waals surface area contributed by atoms with E-state index in [1.165, 1.54) is 0 Å². The quantitative estimate of drug-likeness (QED) is 0.0601. The zero-order chi connectivity index (χ0) is 46.8. The number of sulfone groups is 1. The average Bonchev–Trinajstić information content (AvgIpc) is 3.65. The van der Waals surface area contributed by atoms with Crippen molar-refractivity contribution in [2.75, 3.05) is 25.1 Å². The van der Waals surface area contributed by atoms with Gasteiger partial charge in [0.05, 0.1) is 5.75 Å². The number of hydrogen-bond donors (Lipinski definition) is 10. The van der Waals surface area contributed by atoms with E-state index in [4.69, 9.17) is 17.2 Å². The maximum atomic E-state index is 14.4. The van der Waals surface area contributed by atoms with E-state index in [1.54, 1.807) is 43.5 Å². The molecule has 1 aromatic heterocycles. The van der Waals surface area contributed by atoms with E-state index in [2.05, 4.69) is 41.9 Å². The van der Waals surface area contributed by atoms with E-state index in [0.717, 1.165) is 17.2 Å². The van der Waals surface area contributed by atoms with Crippen molar-refractivity contribution in [1.82, 2.24) is 36.9 Å².